The fraction of sp³-hybridized carbons (Fsp3) is 0.833. The molecule has 3 unspecified atom stereocenters. The summed E-state index contributed by atoms with van der Waals surface area (Å²) in [6.07, 6.45) is 0.220. The van der Waals surface area contributed by atoms with E-state index >= 15 is 0 Å². The van der Waals surface area contributed by atoms with E-state index < -0.39 is 37.4 Å². The zero-order valence-corrected chi connectivity index (χ0v) is 31.4. The molecule has 0 aliphatic heterocycles. The van der Waals surface area contributed by atoms with E-state index in [1.807, 2.05) is 0 Å². The van der Waals surface area contributed by atoms with Crippen LogP contribution in [0.1, 0.15) is 32.1 Å². The first-order chi connectivity index (χ1) is 25.5. The van der Waals surface area contributed by atoms with Gasteiger partial charge in [0.25, 0.3) is 0 Å². The molecule has 22 nitrogen and oxygen atoms in total. The molecule has 0 aliphatic rings. The summed E-state index contributed by atoms with van der Waals surface area (Å²) in [5.74, 6) is 7.93. The van der Waals surface area contributed by atoms with Crippen molar-refractivity contribution in [3.8, 4) is 0 Å². The lowest BCUT2D eigenvalue weighted by molar-refractivity contribution is -0.130. The molecule has 53 heavy (non-hydrogen) atoms. The number of amides is 4. The zero-order chi connectivity index (χ0) is 39.4. The van der Waals surface area contributed by atoms with Crippen LogP contribution < -0.4 is 33.1 Å². The van der Waals surface area contributed by atoms with Gasteiger partial charge in [0, 0.05) is 39.0 Å². The third-order valence-electron chi connectivity index (χ3n) is 6.46. The maximum atomic E-state index is 12.9. The summed E-state index contributed by atoms with van der Waals surface area (Å²) in [7, 11) is -3.51. The maximum absolute atomic E-state index is 12.9. The molecule has 0 fully saturated rings. The van der Waals surface area contributed by atoms with Gasteiger partial charge in [-0.15, -0.1) is 0 Å². The van der Waals surface area contributed by atoms with E-state index in [9.17, 15) is 28.5 Å². The Kier molecular flexibility index (Phi) is 33.2. The average molecular weight is 791 g/mol. The number of nitrogens with two attached hydrogens (primary N) is 2. The van der Waals surface area contributed by atoms with Crippen molar-refractivity contribution in [2.75, 3.05) is 119 Å². The molecule has 0 aromatic carbocycles. The minimum atomic E-state index is -3.51. The van der Waals surface area contributed by atoms with Crippen molar-refractivity contribution in [1.29, 1.82) is 0 Å². The lowest BCUT2D eigenvalue weighted by Gasteiger charge is -2.19. The third kappa shape index (κ3) is 34.8. The molecule has 310 valence electrons. The Hall–Kier alpha value is -2.70. The summed E-state index contributed by atoms with van der Waals surface area (Å²) in [5, 5.41) is 10.4. The number of carbonyl (C=O) groups excluding carboxylic acids is 5. The molecular weight excluding hydrogens is 731 g/mol. The van der Waals surface area contributed by atoms with Gasteiger partial charge in [-0.1, -0.05) is 0 Å². The highest BCUT2D eigenvalue weighted by molar-refractivity contribution is 7.51. The minimum Gasteiger partial charge on any atom is -0.379 e. The molecule has 0 heterocycles. The van der Waals surface area contributed by atoms with E-state index in [1.54, 1.807) is 0 Å². The number of nitrogens with one attached hydrogen (secondary N) is 4. The Labute approximate surface area is 309 Å². The van der Waals surface area contributed by atoms with Crippen LogP contribution in [-0.4, -0.2) is 166 Å². The van der Waals surface area contributed by atoms with E-state index in [0.29, 0.717) is 26.1 Å². The van der Waals surface area contributed by atoms with Crippen LogP contribution in [0, 0.1) is 0 Å². The van der Waals surface area contributed by atoms with Gasteiger partial charge in [0.2, 0.25) is 23.6 Å². The van der Waals surface area contributed by atoms with Crippen molar-refractivity contribution in [1.82, 2.24) is 21.3 Å². The fourth-order valence-corrected chi connectivity index (χ4v) is 4.29. The van der Waals surface area contributed by atoms with Crippen LogP contribution in [0.4, 0.5) is 0 Å². The van der Waals surface area contributed by atoms with Crippen LogP contribution in [0.5, 0.6) is 0 Å². The number of hydrogen-bond acceptors (Lipinski definition) is 17. The Morgan fingerprint density at radius 3 is 1.58 bits per heavy atom. The van der Waals surface area contributed by atoms with Crippen LogP contribution >= 0.6 is 7.60 Å². The number of rotatable bonds is 38. The molecular formula is C30H59N6O16P. The van der Waals surface area contributed by atoms with Gasteiger partial charge in [-0.2, -0.15) is 0 Å². The van der Waals surface area contributed by atoms with Crippen LogP contribution in [0.15, 0.2) is 0 Å². The van der Waals surface area contributed by atoms with Crippen molar-refractivity contribution < 1.29 is 76.1 Å². The average Bonchev–Trinajstić information content (AvgIpc) is 3.12. The minimum absolute atomic E-state index is 0.00763. The normalized spacial score (nSPS) is 13.4. The van der Waals surface area contributed by atoms with E-state index in [1.165, 1.54) is 0 Å². The highest BCUT2D eigenvalue weighted by atomic mass is 31.2. The molecule has 3 atom stereocenters. The quantitative estimate of drug-likeness (QED) is 0.0142. The number of aldehydes is 1. The molecule has 0 aromatic rings. The highest BCUT2D eigenvalue weighted by Gasteiger charge is 2.23. The van der Waals surface area contributed by atoms with Crippen molar-refractivity contribution in [2.45, 2.75) is 44.2 Å². The van der Waals surface area contributed by atoms with Gasteiger partial charge in [0.1, 0.15) is 12.3 Å². The smallest absolute Gasteiger partial charge is 0.325 e. The molecule has 0 bridgehead atoms. The van der Waals surface area contributed by atoms with Gasteiger partial charge < -0.3 is 73.6 Å². The second kappa shape index (κ2) is 35.0. The van der Waals surface area contributed by atoms with E-state index in [2.05, 4.69) is 35.5 Å². The fourth-order valence-electron chi connectivity index (χ4n) is 3.88. The van der Waals surface area contributed by atoms with Gasteiger partial charge >= 0.3 is 7.60 Å². The first-order valence-electron chi connectivity index (χ1n) is 17.1. The molecule has 0 rings (SSSR count). The maximum Gasteiger partial charge on any atom is 0.325 e. The lowest BCUT2D eigenvalue weighted by Crippen LogP contribution is -2.48. The molecule has 4 amide bonds. The SMILES string of the molecule is CP(=O)(O)OCCOCCOCCOCCOCCC(=O)NC(CCC(=O)NC(C=O)CCC(=O)NCCOCCON)C(=O)NCCOCCON. The van der Waals surface area contributed by atoms with Crippen LogP contribution in [0.3, 0.4) is 0 Å². The molecule has 0 aliphatic carbocycles. The molecule has 9 N–H and O–H groups in total. The van der Waals surface area contributed by atoms with Crippen molar-refractivity contribution in [3.63, 3.8) is 0 Å². The number of ether oxygens (including phenoxy) is 6. The molecule has 0 saturated heterocycles. The number of hydrogen-bond donors (Lipinski definition) is 7. The van der Waals surface area contributed by atoms with Gasteiger partial charge in [0.15, 0.2) is 0 Å². The highest BCUT2D eigenvalue weighted by Crippen LogP contribution is 2.35. The topological polar surface area (TPSA) is 306 Å². The van der Waals surface area contributed by atoms with Crippen molar-refractivity contribution in [3.05, 3.63) is 0 Å². The largest absolute Gasteiger partial charge is 0.379 e. The molecule has 0 saturated carbocycles. The summed E-state index contributed by atoms with van der Waals surface area (Å²) < 4.78 is 47.5. The standard InChI is InChI=1S/C30H59N6O16P/c1-53(42,43)52-23-20-49-17-16-48-15-14-47-13-12-44-9-6-29(40)36-26(30(41)34-8-11-46-19-22-51-32)3-5-28(39)35-25(24-37)2-4-27(38)33-7-10-45-18-21-50-31/h24-26H,2-23,31-32H2,1H3,(H,33,38)(H,34,41)(H,35,39)(H,36,40)(H,42,43). The van der Waals surface area contributed by atoms with Gasteiger partial charge in [-0.25, -0.2) is 11.8 Å². The van der Waals surface area contributed by atoms with E-state index in [0.717, 1.165) is 6.66 Å². The van der Waals surface area contributed by atoms with Crippen LogP contribution in [0.25, 0.3) is 0 Å². The lowest BCUT2D eigenvalue weighted by atomic mass is 10.1. The summed E-state index contributed by atoms with van der Waals surface area (Å²) in [6, 6.07) is -2.00. The Bertz CT molecular complexity index is 1030. The second-order valence-electron chi connectivity index (χ2n) is 11.0. The van der Waals surface area contributed by atoms with Crippen LogP contribution in [-0.2, 0) is 71.2 Å². The first kappa shape index (κ1) is 50.3. The van der Waals surface area contributed by atoms with Gasteiger partial charge in [0.05, 0.1) is 105 Å². The second-order valence-corrected chi connectivity index (χ2v) is 12.8. The van der Waals surface area contributed by atoms with Crippen molar-refractivity contribution in [2.24, 2.45) is 11.8 Å². The van der Waals surface area contributed by atoms with E-state index in [-0.39, 0.29) is 130 Å². The summed E-state index contributed by atoms with van der Waals surface area (Å²) in [5.41, 5.74) is 0. The van der Waals surface area contributed by atoms with Gasteiger partial charge in [-0.05, 0) is 12.8 Å². The van der Waals surface area contributed by atoms with Crippen LogP contribution in [0.2, 0.25) is 0 Å². The molecule has 0 spiro atoms. The molecule has 0 aromatic heterocycles. The van der Waals surface area contributed by atoms with Gasteiger partial charge in [-0.3, -0.25) is 23.7 Å². The molecule has 23 heteroatoms. The Morgan fingerprint density at radius 2 is 1.06 bits per heavy atom. The summed E-state index contributed by atoms with van der Waals surface area (Å²) >= 11 is 0. The predicted molar refractivity (Wildman–Crippen MR) is 186 cm³/mol. The molecule has 0 radical (unpaired) electrons. The third-order valence-corrected chi connectivity index (χ3v) is 7.12. The van der Waals surface area contributed by atoms with E-state index in [4.69, 9.17) is 45.1 Å². The Balaban J connectivity index is 4.46. The monoisotopic (exact) mass is 790 g/mol. The van der Waals surface area contributed by atoms with Crippen molar-refractivity contribution >= 4 is 37.5 Å². The Morgan fingerprint density at radius 1 is 0.604 bits per heavy atom. The number of carbonyl (C=O) groups is 5. The predicted octanol–water partition coefficient (Wildman–Crippen LogP) is -2.95. The first-order valence-corrected chi connectivity index (χ1v) is 19.2. The zero-order valence-electron chi connectivity index (χ0n) is 30.5. The summed E-state index contributed by atoms with van der Waals surface area (Å²) in [4.78, 5) is 79.4. The summed E-state index contributed by atoms with van der Waals surface area (Å²) in [6.45, 7) is 4.66.